The van der Waals surface area contributed by atoms with Gasteiger partial charge < -0.3 is 16.4 Å². The van der Waals surface area contributed by atoms with Gasteiger partial charge in [-0.15, -0.1) is 0 Å². The molecule has 132 valence electrons. The van der Waals surface area contributed by atoms with Crippen LogP contribution in [0.2, 0.25) is 0 Å². The molecule has 1 rings (SSSR count). The molecule has 4 N–H and O–H groups in total. The molecule has 1 saturated carbocycles. The molecule has 0 radical (unpaired) electrons. The van der Waals surface area contributed by atoms with Gasteiger partial charge in [0.2, 0.25) is 0 Å². The first-order valence-electron chi connectivity index (χ1n) is 9.99. The molecular formula is C19H41N3. The number of rotatable bonds is 8. The van der Waals surface area contributed by atoms with E-state index in [9.17, 15) is 0 Å². The van der Waals surface area contributed by atoms with Gasteiger partial charge in [-0.05, 0) is 57.8 Å². The zero-order valence-electron chi connectivity index (χ0n) is 14.9. The van der Waals surface area contributed by atoms with Gasteiger partial charge in [0.05, 0.1) is 0 Å². The summed E-state index contributed by atoms with van der Waals surface area (Å²) in [5.74, 6) is 0.898. The van der Waals surface area contributed by atoms with E-state index in [0.29, 0.717) is 0 Å². The Labute approximate surface area is 139 Å². The molecule has 1 aliphatic carbocycles. The normalized spacial score (nSPS) is 19.8. The Kier molecular flexibility index (Phi) is 13.1. The van der Waals surface area contributed by atoms with Crippen molar-refractivity contribution in [3.63, 3.8) is 0 Å². The topological polar surface area (TPSA) is 55.3 Å². The highest BCUT2D eigenvalue weighted by Gasteiger charge is 2.14. The Morgan fingerprint density at radius 1 is 0.636 bits per heavy atom. The summed E-state index contributed by atoms with van der Waals surface area (Å²) >= 11 is 0. The maximum atomic E-state index is 5.70. The second-order valence-corrected chi connectivity index (χ2v) is 7.21. The van der Waals surface area contributed by atoms with E-state index in [1.54, 1.807) is 0 Å². The van der Waals surface area contributed by atoms with Crippen LogP contribution in [-0.2, 0) is 0 Å². The molecule has 0 saturated heterocycles. The van der Waals surface area contributed by atoms with Gasteiger partial charge in [-0.25, -0.2) is 0 Å². The van der Waals surface area contributed by atoms with Gasteiger partial charge in [0, 0.05) is 6.54 Å². The van der Waals surface area contributed by atoms with Crippen LogP contribution in [0.5, 0.6) is 0 Å². The molecule has 0 aromatic rings. The van der Waals surface area contributed by atoms with Crippen LogP contribution in [0.25, 0.3) is 0 Å². The van der Waals surface area contributed by atoms with E-state index in [0.717, 1.165) is 44.9 Å². The Morgan fingerprint density at radius 3 is 1.45 bits per heavy atom. The summed E-state index contributed by atoms with van der Waals surface area (Å²) in [6.45, 7) is 5.22. The lowest BCUT2D eigenvalue weighted by molar-refractivity contribution is 0.209. The molecule has 0 amide bonds. The number of nitrogens with zero attached hydrogens (tertiary/aromatic N) is 1. The zero-order valence-corrected chi connectivity index (χ0v) is 14.9. The molecule has 3 heteroatoms. The van der Waals surface area contributed by atoms with Crippen LogP contribution in [0.3, 0.4) is 0 Å². The van der Waals surface area contributed by atoms with Crippen molar-refractivity contribution in [1.29, 1.82) is 0 Å². The van der Waals surface area contributed by atoms with E-state index in [1.165, 1.54) is 77.2 Å². The van der Waals surface area contributed by atoms with Gasteiger partial charge in [-0.1, -0.05) is 57.8 Å². The molecule has 0 unspecified atom stereocenters. The highest BCUT2D eigenvalue weighted by molar-refractivity contribution is 4.69. The van der Waals surface area contributed by atoms with Crippen molar-refractivity contribution in [3.8, 4) is 0 Å². The fourth-order valence-electron chi connectivity index (χ4n) is 3.72. The van der Waals surface area contributed by atoms with Gasteiger partial charge in [0.15, 0.2) is 0 Å². The molecule has 1 aliphatic rings. The van der Waals surface area contributed by atoms with E-state index in [-0.39, 0.29) is 0 Å². The smallest absolute Gasteiger partial charge is 0.000967 e. The Hall–Kier alpha value is -0.120. The van der Waals surface area contributed by atoms with Crippen LogP contribution >= 0.6 is 0 Å². The highest BCUT2D eigenvalue weighted by atomic mass is 15.1. The van der Waals surface area contributed by atoms with Gasteiger partial charge >= 0.3 is 0 Å². The average molecular weight is 312 g/mol. The van der Waals surface area contributed by atoms with Crippen molar-refractivity contribution in [2.24, 2.45) is 17.4 Å². The van der Waals surface area contributed by atoms with E-state index in [4.69, 9.17) is 11.5 Å². The number of hydrogen-bond donors (Lipinski definition) is 2. The summed E-state index contributed by atoms with van der Waals surface area (Å²) in [4.78, 5) is 2.64. The van der Waals surface area contributed by atoms with Gasteiger partial charge in [0.25, 0.3) is 0 Å². The van der Waals surface area contributed by atoms with E-state index in [2.05, 4.69) is 4.90 Å². The van der Waals surface area contributed by atoms with Crippen molar-refractivity contribution in [2.45, 2.75) is 83.5 Å². The molecule has 0 heterocycles. The van der Waals surface area contributed by atoms with Crippen molar-refractivity contribution in [3.05, 3.63) is 0 Å². The predicted molar refractivity (Wildman–Crippen MR) is 98.1 cm³/mol. The Balaban J connectivity index is 2.39. The fourth-order valence-corrected chi connectivity index (χ4v) is 3.72. The lowest BCUT2D eigenvalue weighted by Gasteiger charge is -2.28. The summed E-state index contributed by atoms with van der Waals surface area (Å²) in [6.07, 6.45) is 18.2. The van der Waals surface area contributed by atoms with Crippen LogP contribution in [0, 0.1) is 5.92 Å². The van der Waals surface area contributed by atoms with Crippen molar-refractivity contribution < 1.29 is 0 Å². The summed E-state index contributed by atoms with van der Waals surface area (Å²) in [5, 5.41) is 0. The molecule has 0 aliphatic heterocycles. The maximum absolute atomic E-state index is 5.70. The van der Waals surface area contributed by atoms with Crippen LogP contribution in [0.1, 0.15) is 83.5 Å². The molecule has 22 heavy (non-hydrogen) atoms. The van der Waals surface area contributed by atoms with Crippen molar-refractivity contribution in [1.82, 2.24) is 4.90 Å². The maximum Gasteiger partial charge on any atom is 0.000967 e. The van der Waals surface area contributed by atoms with Crippen LogP contribution in [-0.4, -0.2) is 37.6 Å². The zero-order chi connectivity index (χ0) is 15.9. The third kappa shape index (κ3) is 10.6. The molecule has 0 spiro atoms. The van der Waals surface area contributed by atoms with Crippen LogP contribution < -0.4 is 11.5 Å². The minimum Gasteiger partial charge on any atom is -0.330 e. The molecule has 0 aromatic heterocycles. The quantitative estimate of drug-likeness (QED) is 0.714. The van der Waals surface area contributed by atoms with Crippen LogP contribution in [0.4, 0.5) is 0 Å². The summed E-state index contributed by atoms with van der Waals surface area (Å²) in [6, 6.07) is 0. The number of hydrogen-bond acceptors (Lipinski definition) is 3. The molecule has 1 fully saturated rings. The van der Waals surface area contributed by atoms with E-state index < -0.39 is 0 Å². The van der Waals surface area contributed by atoms with Gasteiger partial charge in [-0.3, -0.25) is 0 Å². The summed E-state index contributed by atoms with van der Waals surface area (Å²) < 4.78 is 0. The minimum atomic E-state index is 0.809. The predicted octanol–water partition coefficient (Wildman–Crippen LogP) is 3.91. The minimum absolute atomic E-state index is 0.809. The fraction of sp³-hybridized carbons (Fsp3) is 1.00. The second-order valence-electron chi connectivity index (χ2n) is 7.21. The molecular weight excluding hydrogens is 270 g/mol. The Bertz CT molecular complexity index is 213. The largest absolute Gasteiger partial charge is 0.330 e. The van der Waals surface area contributed by atoms with E-state index >= 15 is 0 Å². The lowest BCUT2D eigenvalue weighted by Crippen LogP contribution is -2.33. The van der Waals surface area contributed by atoms with Gasteiger partial charge in [0.1, 0.15) is 0 Å². The summed E-state index contributed by atoms with van der Waals surface area (Å²) in [5.41, 5.74) is 11.4. The first-order chi connectivity index (χ1) is 10.9. The molecule has 0 atom stereocenters. The first kappa shape index (κ1) is 19.9. The average Bonchev–Trinajstić information content (AvgIpc) is 2.52. The molecule has 3 nitrogen and oxygen atoms in total. The van der Waals surface area contributed by atoms with Gasteiger partial charge in [-0.2, -0.15) is 0 Å². The molecule has 0 aromatic carbocycles. The number of nitrogens with two attached hydrogens (primary N) is 2. The first-order valence-corrected chi connectivity index (χ1v) is 9.99. The molecule has 0 bridgehead atoms. The summed E-state index contributed by atoms with van der Waals surface area (Å²) in [7, 11) is 0. The van der Waals surface area contributed by atoms with Crippen LogP contribution in [0.15, 0.2) is 0 Å². The lowest BCUT2D eigenvalue weighted by atomic mass is 9.92. The van der Waals surface area contributed by atoms with Crippen molar-refractivity contribution >= 4 is 0 Å². The standard InChI is InChI=1S/C19H41N3/c20-14-10-16-22(17-11-15-21)18-19-12-8-6-4-2-1-3-5-7-9-13-19/h19H,1-18,20-21H2. The third-order valence-electron chi connectivity index (χ3n) is 5.10. The van der Waals surface area contributed by atoms with E-state index in [1.807, 2.05) is 0 Å². The monoisotopic (exact) mass is 311 g/mol. The SMILES string of the molecule is NCCCN(CCCN)CC1CCCCCCCCCCC1. The highest BCUT2D eigenvalue weighted by Crippen LogP contribution is 2.22. The Morgan fingerprint density at radius 2 is 1.05 bits per heavy atom. The van der Waals surface area contributed by atoms with Crippen molar-refractivity contribution in [2.75, 3.05) is 32.7 Å². The second kappa shape index (κ2) is 14.5. The third-order valence-corrected chi connectivity index (χ3v) is 5.10.